The number of nitrogens with zero attached hydrogens (tertiary/aromatic N) is 2. The first-order valence-corrected chi connectivity index (χ1v) is 6.95. The Kier molecular flexibility index (Phi) is 4.62. The van der Waals surface area contributed by atoms with Gasteiger partial charge in [-0.3, -0.25) is 4.90 Å². The average Bonchev–Trinajstić information content (AvgIpc) is 2.30. The Morgan fingerprint density at radius 3 is 2.88 bits per heavy atom. The van der Waals surface area contributed by atoms with Crippen LogP contribution in [-0.2, 0) is 0 Å². The standard InChI is InChI=1S/C13H27N3/c1-3-5-12-10-16(9-7-14-12)13-6-4-8-15(2)11-13/h12-14H,3-11H2,1-2H3. The molecule has 94 valence electrons. The lowest BCUT2D eigenvalue weighted by Gasteiger charge is -2.42. The molecule has 1 N–H and O–H groups in total. The lowest BCUT2D eigenvalue weighted by atomic mass is 10.0. The van der Waals surface area contributed by atoms with Gasteiger partial charge in [-0.1, -0.05) is 13.3 Å². The highest BCUT2D eigenvalue weighted by Crippen LogP contribution is 2.17. The van der Waals surface area contributed by atoms with Crippen LogP contribution in [0.1, 0.15) is 32.6 Å². The summed E-state index contributed by atoms with van der Waals surface area (Å²) in [7, 11) is 2.26. The minimum atomic E-state index is 0.742. The molecule has 0 spiro atoms. The maximum Gasteiger partial charge on any atom is 0.0224 e. The van der Waals surface area contributed by atoms with Crippen LogP contribution in [0, 0.1) is 0 Å². The molecular formula is C13H27N3. The van der Waals surface area contributed by atoms with Crippen LogP contribution in [0.2, 0.25) is 0 Å². The van der Waals surface area contributed by atoms with Gasteiger partial charge < -0.3 is 10.2 Å². The van der Waals surface area contributed by atoms with E-state index in [0.29, 0.717) is 0 Å². The van der Waals surface area contributed by atoms with E-state index in [1.165, 1.54) is 58.4 Å². The molecule has 2 saturated heterocycles. The highest BCUT2D eigenvalue weighted by molar-refractivity contribution is 4.86. The van der Waals surface area contributed by atoms with Crippen LogP contribution in [-0.4, -0.2) is 61.7 Å². The third kappa shape index (κ3) is 3.19. The predicted molar refractivity (Wildman–Crippen MR) is 68.8 cm³/mol. The van der Waals surface area contributed by atoms with E-state index in [4.69, 9.17) is 0 Å². The molecule has 0 aliphatic carbocycles. The van der Waals surface area contributed by atoms with Gasteiger partial charge in [0.15, 0.2) is 0 Å². The molecule has 3 heteroatoms. The van der Waals surface area contributed by atoms with Crippen molar-refractivity contribution in [3.8, 4) is 0 Å². The topological polar surface area (TPSA) is 18.5 Å². The van der Waals surface area contributed by atoms with E-state index >= 15 is 0 Å². The normalized spacial score (nSPS) is 34.1. The van der Waals surface area contributed by atoms with E-state index in [0.717, 1.165) is 12.1 Å². The van der Waals surface area contributed by atoms with Crippen LogP contribution < -0.4 is 5.32 Å². The summed E-state index contributed by atoms with van der Waals surface area (Å²) in [5.41, 5.74) is 0. The van der Waals surface area contributed by atoms with E-state index in [2.05, 4.69) is 29.1 Å². The van der Waals surface area contributed by atoms with Gasteiger partial charge >= 0.3 is 0 Å². The van der Waals surface area contributed by atoms with Gasteiger partial charge in [0, 0.05) is 38.3 Å². The second kappa shape index (κ2) is 5.99. The maximum atomic E-state index is 3.65. The zero-order valence-corrected chi connectivity index (χ0v) is 10.9. The summed E-state index contributed by atoms with van der Waals surface area (Å²) in [6.45, 7) is 8.56. The number of hydrogen-bond acceptors (Lipinski definition) is 3. The molecule has 2 rings (SSSR count). The molecule has 2 aliphatic heterocycles. The van der Waals surface area contributed by atoms with E-state index in [1.807, 2.05) is 0 Å². The van der Waals surface area contributed by atoms with Crippen molar-refractivity contribution in [1.29, 1.82) is 0 Å². The van der Waals surface area contributed by atoms with Crippen molar-refractivity contribution in [2.24, 2.45) is 0 Å². The van der Waals surface area contributed by atoms with Gasteiger partial charge in [-0.2, -0.15) is 0 Å². The number of rotatable bonds is 3. The molecule has 2 aliphatic rings. The fourth-order valence-electron chi connectivity index (χ4n) is 3.16. The van der Waals surface area contributed by atoms with Crippen molar-refractivity contribution in [3.63, 3.8) is 0 Å². The molecule has 0 bridgehead atoms. The number of piperidine rings is 1. The van der Waals surface area contributed by atoms with Crippen LogP contribution in [0.5, 0.6) is 0 Å². The fraction of sp³-hybridized carbons (Fsp3) is 1.00. The number of likely N-dealkylation sites (N-methyl/N-ethyl adjacent to an activating group) is 1. The molecule has 2 unspecified atom stereocenters. The first-order valence-electron chi connectivity index (χ1n) is 6.95. The summed E-state index contributed by atoms with van der Waals surface area (Å²) in [4.78, 5) is 5.22. The first-order chi connectivity index (χ1) is 7.79. The maximum absolute atomic E-state index is 3.65. The molecule has 0 radical (unpaired) electrons. The average molecular weight is 225 g/mol. The summed E-state index contributed by atoms with van der Waals surface area (Å²) < 4.78 is 0. The summed E-state index contributed by atoms with van der Waals surface area (Å²) in [6.07, 6.45) is 5.42. The van der Waals surface area contributed by atoms with Gasteiger partial charge in [0.2, 0.25) is 0 Å². The molecule has 16 heavy (non-hydrogen) atoms. The van der Waals surface area contributed by atoms with Gasteiger partial charge in [0.1, 0.15) is 0 Å². The summed E-state index contributed by atoms with van der Waals surface area (Å²) in [5, 5.41) is 3.65. The zero-order chi connectivity index (χ0) is 11.4. The Balaban J connectivity index is 1.83. The van der Waals surface area contributed by atoms with Crippen LogP contribution in [0.15, 0.2) is 0 Å². The van der Waals surface area contributed by atoms with Crippen molar-refractivity contribution < 1.29 is 0 Å². The molecule has 2 heterocycles. The zero-order valence-electron chi connectivity index (χ0n) is 10.9. The number of likely N-dealkylation sites (tertiary alicyclic amines) is 1. The van der Waals surface area contributed by atoms with Gasteiger partial charge in [-0.05, 0) is 32.9 Å². The molecule has 0 amide bonds. The Labute approximate surface area is 100 Å². The first kappa shape index (κ1) is 12.3. The van der Waals surface area contributed by atoms with E-state index in [1.54, 1.807) is 0 Å². The van der Waals surface area contributed by atoms with Crippen molar-refractivity contribution >= 4 is 0 Å². The fourth-order valence-corrected chi connectivity index (χ4v) is 3.16. The number of hydrogen-bond donors (Lipinski definition) is 1. The van der Waals surface area contributed by atoms with Crippen molar-refractivity contribution in [1.82, 2.24) is 15.1 Å². The second-order valence-corrected chi connectivity index (χ2v) is 5.49. The third-order valence-electron chi connectivity index (χ3n) is 4.04. The second-order valence-electron chi connectivity index (χ2n) is 5.49. The summed E-state index contributed by atoms with van der Waals surface area (Å²) in [6, 6.07) is 1.56. The van der Waals surface area contributed by atoms with Crippen molar-refractivity contribution in [2.45, 2.75) is 44.7 Å². The lowest BCUT2D eigenvalue weighted by molar-refractivity contribution is 0.0830. The molecule has 2 fully saturated rings. The van der Waals surface area contributed by atoms with Crippen LogP contribution in [0.3, 0.4) is 0 Å². The van der Waals surface area contributed by atoms with Crippen LogP contribution >= 0.6 is 0 Å². The van der Waals surface area contributed by atoms with Crippen molar-refractivity contribution in [2.75, 3.05) is 39.8 Å². The smallest absolute Gasteiger partial charge is 0.0224 e. The van der Waals surface area contributed by atoms with Gasteiger partial charge in [0.25, 0.3) is 0 Å². The van der Waals surface area contributed by atoms with E-state index in [-0.39, 0.29) is 0 Å². The Bertz CT molecular complexity index is 205. The number of piperazine rings is 1. The number of nitrogens with one attached hydrogen (secondary N) is 1. The van der Waals surface area contributed by atoms with Gasteiger partial charge in [-0.25, -0.2) is 0 Å². The molecular weight excluding hydrogens is 198 g/mol. The minimum absolute atomic E-state index is 0.742. The van der Waals surface area contributed by atoms with Gasteiger partial charge in [-0.15, -0.1) is 0 Å². The molecule has 2 atom stereocenters. The van der Waals surface area contributed by atoms with E-state index in [9.17, 15) is 0 Å². The molecule has 0 aromatic carbocycles. The summed E-state index contributed by atoms with van der Waals surface area (Å²) in [5.74, 6) is 0. The highest BCUT2D eigenvalue weighted by atomic mass is 15.3. The van der Waals surface area contributed by atoms with Crippen LogP contribution in [0.25, 0.3) is 0 Å². The lowest BCUT2D eigenvalue weighted by Crippen LogP contribution is -2.57. The molecule has 0 aromatic rings. The molecule has 0 saturated carbocycles. The third-order valence-corrected chi connectivity index (χ3v) is 4.04. The summed E-state index contributed by atoms with van der Waals surface area (Å²) >= 11 is 0. The van der Waals surface area contributed by atoms with Crippen molar-refractivity contribution in [3.05, 3.63) is 0 Å². The largest absolute Gasteiger partial charge is 0.311 e. The molecule has 0 aromatic heterocycles. The minimum Gasteiger partial charge on any atom is -0.311 e. The van der Waals surface area contributed by atoms with E-state index < -0.39 is 0 Å². The van der Waals surface area contributed by atoms with Crippen LogP contribution in [0.4, 0.5) is 0 Å². The molecule has 3 nitrogen and oxygen atoms in total. The SMILES string of the molecule is CCCC1CN(C2CCCN(C)C2)CCN1. The highest BCUT2D eigenvalue weighted by Gasteiger charge is 2.27. The Morgan fingerprint density at radius 1 is 1.25 bits per heavy atom. The predicted octanol–water partition coefficient (Wildman–Crippen LogP) is 1.15. The Morgan fingerprint density at radius 2 is 2.12 bits per heavy atom. The Hall–Kier alpha value is -0.120. The van der Waals surface area contributed by atoms with Gasteiger partial charge in [0.05, 0.1) is 0 Å². The quantitative estimate of drug-likeness (QED) is 0.777. The monoisotopic (exact) mass is 225 g/mol.